The first-order valence-corrected chi connectivity index (χ1v) is 6.27. The quantitative estimate of drug-likeness (QED) is 0.803. The van der Waals surface area contributed by atoms with Crippen LogP contribution in [0.15, 0.2) is 52.0 Å². The first-order valence-electron chi connectivity index (χ1n) is 5.48. The van der Waals surface area contributed by atoms with Crippen LogP contribution in [0, 0.1) is 0 Å². The molecule has 0 radical (unpaired) electrons. The lowest BCUT2D eigenvalue weighted by Crippen LogP contribution is -2.00. The normalized spacial score (nSPS) is 10.7. The van der Waals surface area contributed by atoms with Crippen molar-refractivity contribution in [3.63, 3.8) is 0 Å². The number of hydrogen-bond donors (Lipinski definition) is 1. The Morgan fingerprint density at radius 1 is 1.28 bits per heavy atom. The summed E-state index contributed by atoms with van der Waals surface area (Å²) in [7, 11) is 0. The summed E-state index contributed by atoms with van der Waals surface area (Å²) in [6.07, 6.45) is 6.93. The highest BCUT2D eigenvalue weighted by Gasteiger charge is 2.04. The molecule has 1 N–H and O–H groups in total. The number of halogens is 1. The number of fused-ring (bicyclic) bond motifs is 1. The van der Waals surface area contributed by atoms with Crippen LogP contribution in [-0.4, -0.2) is 9.97 Å². The molecule has 90 valence electrons. The zero-order valence-electron chi connectivity index (χ0n) is 9.43. The molecule has 0 aliphatic heterocycles. The Balaban J connectivity index is 1.92. The molecule has 0 aliphatic rings. The van der Waals surface area contributed by atoms with Crippen LogP contribution in [0.5, 0.6) is 0 Å². The molecule has 3 aromatic rings. The van der Waals surface area contributed by atoms with Gasteiger partial charge in [-0.1, -0.05) is 0 Å². The summed E-state index contributed by atoms with van der Waals surface area (Å²) < 4.78 is 5.96. The van der Waals surface area contributed by atoms with Gasteiger partial charge in [-0.2, -0.15) is 0 Å². The lowest BCUT2D eigenvalue weighted by molar-refractivity contribution is 0.564. The fourth-order valence-corrected chi connectivity index (χ4v) is 2.06. The molecule has 4 nitrogen and oxygen atoms in total. The minimum Gasteiger partial charge on any atom is -0.472 e. The van der Waals surface area contributed by atoms with Crippen molar-refractivity contribution in [3.8, 4) is 0 Å². The maximum Gasteiger partial charge on any atom is 0.112 e. The Labute approximate surface area is 112 Å². The molecule has 0 bridgehead atoms. The number of pyridine rings is 2. The van der Waals surface area contributed by atoms with Crippen LogP contribution in [0.1, 0.15) is 5.56 Å². The summed E-state index contributed by atoms with van der Waals surface area (Å²) in [6, 6.07) is 5.80. The van der Waals surface area contributed by atoms with Crippen LogP contribution < -0.4 is 5.32 Å². The van der Waals surface area contributed by atoms with Gasteiger partial charge in [-0.3, -0.25) is 9.97 Å². The van der Waals surface area contributed by atoms with E-state index in [0.717, 1.165) is 26.8 Å². The molecule has 3 aromatic heterocycles. The van der Waals surface area contributed by atoms with Crippen molar-refractivity contribution in [3.05, 3.63) is 53.2 Å². The van der Waals surface area contributed by atoms with E-state index in [1.54, 1.807) is 24.9 Å². The molecule has 5 heteroatoms. The van der Waals surface area contributed by atoms with Gasteiger partial charge in [-0.25, -0.2) is 0 Å². The van der Waals surface area contributed by atoms with Crippen LogP contribution >= 0.6 is 15.9 Å². The topological polar surface area (TPSA) is 51.0 Å². The summed E-state index contributed by atoms with van der Waals surface area (Å²) in [5, 5.41) is 3.33. The third-order valence-electron chi connectivity index (χ3n) is 2.61. The van der Waals surface area contributed by atoms with Gasteiger partial charge in [0, 0.05) is 29.0 Å². The Bertz CT molecular complexity index is 667. The fraction of sp³-hybridized carbons (Fsp3) is 0.0769. The van der Waals surface area contributed by atoms with Crippen LogP contribution in [0.3, 0.4) is 0 Å². The van der Waals surface area contributed by atoms with Gasteiger partial charge in [0.1, 0.15) is 5.52 Å². The molecular formula is C13H10BrN3O. The largest absolute Gasteiger partial charge is 0.472 e. The average molecular weight is 304 g/mol. The predicted molar refractivity (Wildman–Crippen MR) is 73.3 cm³/mol. The Morgan fingerprint density at radius 2 is 2.22 bits per heavy atom. The average Bonchev–Trinajstić information content (AvgIpc) is 2.89. The maximum absolute atomic E-state index is 5.03. The highest BCUT2D eigenvalue weighted by Crippen LogP contribution is 2.22. The van der Waals surface area contributed by atoms with E-state index in [-0.39, 0.29) is 0 Å². The van der Waals surface area contributed by atoms with Crippen molar-refractivity contribution in [2.75, 3.05) is 5.32 Å². The number of nitrogens with zero attached hydrogens (tertiary/aromatic N) is 2. The molecule has 3 heterocycles. The minimum atomic E-state index is 0.702. The summed E-state index contributed by atoms with van der Waals surface area (Å²) in [5.41, 5.74) is 3.79. The van der Waals surface area contributed by atoms with Gasteiger partial charge in [0.05, 0.1) is 23.7 Å². The molecule has 0 aromatic carbocycles. The molecule has 3 rings (SSSR count). The van der Waals surface area contributed by atoms with E-state index < -0.39 is 0 Å². The van der Waals surface area contributed by atoms with Crippen LogP contribution in [0.2, 0.25) is 0 Å². The predicted octanol–water partition coefficient (Wildman–Crippen LogP) is 3.60. The molecule has 0 unspecified atom stereocenters. The molecule has 0 spiro atoms. The van der Waals surface area contributed by atoms with Crippen molar-refractivity contribution < 1.29 is 4.42 Å². The number of nitrogens with one attached hydrogen (secondary N) is 1. The van der Waals surface area contributed by atoms with E-state index in [1.807, 2.05) is 18.2 Å². The third kappa shape index (κ3) is 2.22. The van der Waals surface area contributed by atoms with E-state index in [9.17, 15) is 0 Å². The van der Waals surface area contributed by atoms with E-state index in [2.05, 4.69) is 31.2 Å². The second-order valence-corrected chi connectivity index (χ2v) is 4.78. The molecule has 0 saturated heterocycles. The number of furan rings is 1. The number of rotatable bonds is 3. The van der Waals surface area contributed by atoms with Gasteiger partial charge in [0.15, 0.2) is 0 Å². The second-order valence-electron chi connectivity index (χ2n) is 3.86. The molecule has 0 amide bonds. The number of anilines is 1. The maximum atomic E-state index is 5.03. The standard InChI is InChI=1S/C13H10BrN3O/c14-10-5-12-13(17-7-10)11(1-3-15-12)16-6-9-2-4-18-8-9/h1-5,7-8H,6H2,(H,15,16). The smallest absolute Gasteiger partial charge is 0.112 e. The SMILES string of the molecule is Brc1cnc2c(NCc3ccoc3)ccnc2c1. The Hall–Kier alpha value is -1.88. The van der Waals surface area contributed by atoms with E-state index in [0.29, 0.717) is 6.54 Å². The monoisotopic (exact) mass is 303 g/mol. The van der Waals surface area contributed by atoms with Crippen LogP contribution in [0.25, 0.3) is 11.0 Å². The van der Waals surface area contributed by atoms with Gasteiger partial charge in [-0.05, 0) is 34.1 Å². The number of aromatic nitrogens is 2. The van der Waals surface area contributed by atoms with Crippen molar-refractivity contribution in [2.24, 2.45) is 0 Å². The van der Waals surface area contributed by atoms with Crippen molar-refractivity contribution >= 4 is 32.7 Å². The van der Waals surface area contributed by atoms with Gasteiger partial charge in [0.25, 0.3) is 0 Å². The lowest BCUT2D eigenvalue weighted by atomic mass is 10.2. The van der Waals surface area contributed by atoms with Crippen molar-refractivity contribution in [2.45, 2.75) is 6.54 Å². The minimum absolute atomic E-state index is 0.702. The lowest BCUT2D eigenvalue weighted by Gasteiger charge is -2.07. The summed E-state index contributed by atoms with van der Waals surface area (Å²) in [6.45, 7) is 0.702. The second kappa shape index (κ2) is 4.78. The Kier molecular flexibility index (Phi) is 2.98. The molecule has 0 fully saturated rings. The van der Waals surface area contributed by atoms with Crippen LogP contribution in [-0.2, 0) is 6.54 Å². The van der Waals surface area contributed by atoms with Gasteiger partial charge >= 0.3 is 0 Å². The third-order valence-corrected chi connectivity index (χ3v) is 3.04. The zero-order chi connectivity index (χ0) is 12.4. The Morgan fingerprint density at radius 3 is 3.06 bits per heavy atom. The van der Waals surface area contributed by atoms with Crippen molar-refractivity contribution in [1.82, 2.24) is 9.97 Å². The molecular weight excluding hydrogens is 294 g/mol. The first kappa shape index (κ1) is 11.2. The summed E-state index contributed by atoms with van der Waals surface area (Å²) in [4.78, 5) is 8.68. The van der Waals surface area contributed by atoms with Crippen LogP contribution in [0.4, 0.5) is 5.69 Å². The van der Waals surface area contributed by atoms with Gasteiger partial charge in [-0.15, -0.1) is 0 Å². The van der Waals surface area contributed by atoms with E-state index in [1.165, 1.54) is 0 Å². The van der Waals surface area contributed by atoms with Crippen molar-refractivity contribution in [1.29, 1.82) is 0 Å². The van der Waals surface area contributed by atoms with Gasteiger partial charge in [0.2, 0.25) is 0 Å². The molecule has 0 aliphatic carbocycles. The highest BCUT2D eigenvalue weighted by atomic mass is 79.9. The summed E-state index contributed by atoms with van der Waals surface area (Å²) in [5.74, 6) is 0. The molecule has 0 saturated carbocycles. The zero-order valence-corrected chi connectivity index (χ0v) is 11.0. The van der Waals surface area contributed by atoms with E-state index >= 15 is 0 Å². The number of hydrogen-bond acceptors (Lipinski definition) is 4. The fourth-order valence-electron chi connectivity index (χ4n) is 1.74. The molecule has 0 atom stereocenters. The van der Waals surface area contributed by atoms with E-state index in [4.69, 9.17) is 4.42 Å². The highest BCUT2D eigenvalue weighted by molar-refractivity contribution is 9.10. The summed E-state index contributed by atoms with van der Waals surface area (Å²) >= 11 is 3.39. The first-order chi connectivity index (χ1) is 8.83. The molecule has 18 heavy (non-hydrogen) atoms. The van der Waals surface area contributed by atoms with Gasteiger partial charge < -0.3 is 9.73 Å².